The van der Waals surface area contributed by atoms with Crippen molar-refractivity contribution >= 4 is 6.09 Å². The van der Waals surface area contributed by atoms with Crippen LogP contribution >= 0.6 is 0 Å². The Morgan fingerprint density at radius 1 is 1.40 bits per heavy atom. The summed E-state index contributed by atoms with van der Waals surface area (Å²) in [6.45, 7) is 9.61. The van der Waals surface area contributed by atoms with Crippen LogP contribution in [0.4, 0.5) is 4.79 Å². The van der Waals surface area contributed by atoms with Crippen molar-refractivity contribution in [3.63, 3.8) is 0 Å². The Hall–Kier alpha value is -0.770. The first-order valence-corrected chi connectivity index (χ1v) is 5.47. The molecule has 0 saturated carbocycles. The quantitative estimate of drug-likeness (QED) is 0.754. The molecule has 0 aromatic heterocycles. The number of carbonyl (C=O) groups is 1. The Balaban J connectivity index is 4.06. The first-order chi connectivity index (χ1) is 6.80. The van der Waals surface area contributed by atoms with Crippen LogP contribution < -0.4 is 10.6 Å². The Morgan fingerprint density at radius 2 is 1.93 bits per heavy atom. The smallest absolute Gasteiger partial charge is 0.407 e. The maximum absolute atomic E-state index is 11.4. The predicted molar refractivity (Wildman–Crippen MR) is 62.0 cm³/mol. The fourth-order valence-corrected chi connectivity index (χ4v) is 1.40. The lowest BCUT2D eigenvalue weighted by Crippen LogP contribution is -2.48. The van der Waals surface area contributed by atoms with Gasteiger partial charge in [0.25, 0.3) is 0 Å². The largest absolute Gasteiger partial charge is 0.444 e. The normalized spacial score (nSPS) is 15.6. The highest BCUT2D eigenvalue weighted by Crippen LogP contribution is 2.07. The van der Waals surface area contributed by atoms with E-state index in [0.29, 0.717) is 0 Å². The van der Waals surface area contributed by atoms with E-state index < -0.39 is 5.60 Å². The summed E-state index contributed by atoms with van der Waals surface area (Å²) in [6, 6.07) is 0.340. The number of hydrogen-bond acceptors (Lipinski definition) is 3. The Labute approximate surface area is 92.8 Å². The molecule has 15 heavy (non-hydrogen) atoms. The van der Waals surface area contributed by atoms with E-state index >= 15 is 0 Å². The zero-order valence-electron chi connectivity index (χ0n) is 10.7. The Kier molecular flexibility index (Phi) is 5.65. The molecule has 0 heterocycles. The van der Waals surface area contributed by atoms with Gasteiger partial charge >= 0.3 is 6.09 Å². The number of hydrogen-bond donors (Lipinski definition) is 2. The summed E-state index contributed by atoms with van der Waals surface area (Å²) < 4.78 is 5.17. The average molecular weight is 216 g/mol. The van der Waals surface area contributed by atoms with Crippen LogP contribution in [0.5, 0.6) is 0 Å². The van der Waals surface area contributed by atoms with Gasteiger partial charge in [-0.15, -0.1) is 0 Å². The van der Waals surface area contributed by atoms with Gasteiger partial charge in [-0.3, -0.25) is 0 Å². The van der Waals surface area contributed by atoms with E-state index in [0.717, 1.165) is 6.42 Å². The number of likely N-dealkylation sites (N-methyl/N-ethyl adjacent to an activating group) is 1. The number of carbonyl (C=O) groups excluding carboxylic acids is 1. The third-order valence-electron chi connectivity index (χ3n) is 2.16. The zero-order valence-corrected chi connectivity index (χ0v) is 10.7. The first kappa shape index (κ1) is 14.2. The molecule has 90 valence electrons. The fraction of sp³-hybridized carbons (Fsp3) is 0.909. The van der Waals surface area contributed by atoms with Gasteiger partial charge in [0.15, 0.2) is 0 Å². The molecule has 1 amide bonds. The standard InChI is InChI=1S/C11H24N2O2/c1-7-9(12-6)8(2)13-10(14)15-11(3,4)5/h8-9,12H,7H2,1-6H3,(H,13,14)/t8-,9+/m1/s1. The van der Waals surface area contributed by atoms with Crippen molar-refractivity contribution in [1.29, 1.82) is 0 Å². The van der Waals surface area contributed by atoms with E-state index in [1.54, 1.807) is 0 Å². The van der Waals surface area contributed by atoms with Crippen LogP contribution in [0, 0.1) is 0 Å². The highest BCUT2D eigenvalue weighted by molar-refractivity contribution is 5.68. The molecule has 0 bridgehead atoms. The SMILES string of the molecule is CC[C@H](NC)[C@@H](C)NC(=O)OC(C)(C)C. The molecular weight excluding hydrogens is 192 g/mol. The van der Waals surface area contributed by atoms with Gasteiger partial charge in [-0.05, 0) is 41.2 Å². The second kappa shape index (κ2) is 5.95. The maximum Gasteiger partial charge on any atom is 0.407 e. The minimum atomic E-state index is -0.439. The van der Waals surface area contributed by atoms with Crippen LogP contribution in [0.1, 0.15) is 41.0 Å². The molecule has 0 rings (SSSR count). The summed E-state index contributed by atoms with van der Waals surface area (Å²) in [5.74, 6) is 0. The van der Waals surface area contributed by atoms with Crippen LogP contribution in [0.3, 0.4) is 0 Å². The van der Waals surface area contributed by atoms with Crippen molar-refractivity contribution in [1.82, 2.24) is 10.6 Å². The van der Waals surface area contributed by atoms with Gasteiger partial charge in [0.2, 0.25) is 0 Å². The second-order valence-electron chi connectivity index (χ2n) is 4.74. The van der Waals surface area contributed by atoms with Crippen molar-refractivity contribution in [3.05, 3.63) is 0 Å². The molecule has 0 aliphatic carbocycles. The lowest BCUT2D eigenvalue weighted by molar-refractivity contribution is 0.0498. The maximum atomic E-state index is 11.4. The summed E-state index contributed by atoms with van der Waals surface area (Å²) in [4.78, 5) is 11.4. The van der Waals surface area contributed by atoms with Crippen LogP contribution in [-0.4, -0.2) is 30.8 Å². The van der Waals surface area contributed by atoms with E-state index in [4.69, 9.17) is 4.74 Å². The van der Waals surface area contributed by atoms with Crippen molar-refractivity contribution in [2.45, 2.75) is 58.7 Å². The van der Waals surface area contributed by atoms with Gasteiger partial charge in [0.1, 0.15) is 5.60 Å². The number of ether oxygens (including phenoxy) is 1. The van der Waals surface area contributed by atoms with Gasteiger partial charge in [-0.1, -0.05) is 6.92 Å². The molecule has 0 spiro atoms. The van der Waals surface area contributed by atoms with Crippen LogP contribution in [0.2, 0.25) is 0 Å². The minimum absolute atomic E-state index is 0.0647. The van der Waals surface area contributed by atoms with Crippen molar-refractivity contribution in [3.8, 4) is 0 Å². The van der Waals surface area contributed by atoms with Gasteiger partial charge in [0, 0.05) is 12.1 Å². The lowest BCUT2D eigenvalue weighted by Gasteiger charge is -2.26. The fourth-order valence-electron chi connectivity index (χ4n) is 1.40. The van der Waals surface area contributed by atoms with Gasteiger partial charge in [-0.25, -0.2) is 4.79 Å². The number of amides is 1. The number of rotatable bonds is 4. The summed E-state index contributed by atoms with van der Waals surface area (Å²) >= 11 is 0. The molecule has 4 nitrogen and oxygen atoms in total. The monoisotopic (exact) mass is 216 g/mol. The number of alkyl carbamates (subject to hydrolysis) is 1. The van der Waals surface area contributed by atoms with Crippen molar-refractivity contribution in [2.24, 2.45) is 0 Å². The molecule has 0 aromatic rings. The molecule has 0 unspecified atom stereocenters. The van der Waals surface area contributed by atoms with Crippen molar-refractivity contribution < 1.29 is 9.53 Å². The second-order valence-corrected chi connectivity index (χ2v) is 4.74. The highest BCUT2D eigenvalue weighted by Gasteiger charge is 2.20. The summed E-state index contributed by atoms with van der Waals surface area (Å²) in [7, 11) is 1.89. The van der Waals surface area contributed by atoms with E-state index in [2.05, 4.69) is 17.6 Å². The molecule has 0 aliphatic rings. The van der Waals surface area contributed by atoms with Crippen LogP contribution in [0.15, 0.2) is 0 Å². The molecule has 0 radical (unpaired) electrons. The summed E-state index contributed by atoms with van der Waals surface area (Å²) in [5.41, 5.74) is -0.439. The van der Waals surface area contributed by atoms with Gasteiger partial charge in [-0.2, -0.15) is 0 Å². The molecule has 0 aliphatic heterocycles. The first-order valence-electron chi connectivity index (χ1n) is 5.47. The predicted octanol–water partition coefficient (Wildman–Crippen LogP) is 1.90. The van der Waals surface area contributed by atoms with Gasteiger partial charge in [0.05, 0.1) is 0 Å². The molecular formula is C11H24N2O2. The molecule has 0 aromatic carbocycles. The zero-order chi connectivity index (χ0) is 12.1. The molecule has 2 atom stereocenters. The van der Waals surface area contributed by atoms with E-state index in [1.165, 1.54) is 0 Å². The van der Waals surface area contributed by atoms with E-state index in [1.807, 2.05) is 34.7 Å². The van der Waals surface area contributed by atoms with E-state index in [-0.39, 0.29) is 18.2 Å². The Bertz CT molecular complexity index is 195. The van der Waals surface area contributed by atoms with E-state index in [9.17, 15) is 4.79 Å². The highest BCUT2D eigenvalue weighted by atomic mass is 16.6. The van der Waals surface area contributed by atoms with Crippen LogP contribution in [0.25, 0.3) is 0 Å². The Morgan fingerprint density at radius 3 is 2.27 bits per heavy atom. The molecule has 0 saturated heterocycles. The molecule has 0 fully saturated rings. The third-order valence-corrected chi connectivity index (χ3v) is 2.16. The van der Waals surface area contributed by atoms with Gasteiger partial charge < -0.3 is 15.4 Å². The third kappa shape index (κ3) is 6.33. The number of nitrogens with one attached hydrogen (secondary N) is 2. The summed E-state index contributed by atoms with van der Waals surface area (Å²) in [6.07, 6.45) is 0.608. The topological polar surface area (TPSA) is 50.4 Å². The summed E-state index contributed by atoms with van der Waals surface area (Å²) in [5, 5.41) is 5.96. The molecule has 2 N–H and O–H groups in total. The lowest BCUT2D eigenvalue weighted by atomic mass is 10.1. The van der Waals surface area contributed by atoms with Crippen molar-refractivity contribution in [2.75, 3.05) is 7.05 Å². The minimum Gasteiger partial charge on any atom is -0.444 e. The average Bonchev–Trinajstić information content (AvgIpc) is 2.02. The van der Waals surface area contributed by atoms with Crippen LogP contribution in [-0.2, 0) is 4.74 Å². The molecule has 4 heteroatoms.